The number of hydrogen-bond donors (Lipinski definition) is 1. The highest BCUT2D eigenvalue weighted by molar-refractivity contribution is 5.92. The first-order valence-corrected chi connectivity index (χ1v) is 10.4. The van der Waals surface area contributed by atoms with Crippen molar-refractivity contribution in [1.29, 1.82) is 0 Å². The molecule has 1 aliphatic rings. The minimum absolute atomic E-state index is 0.105. The monoisotopic (exact) mass is 387 g/mol. The van der Waals surface area contributed by atoms with Gasteiger partial charge in [-0.05, 0) is 50.8 Å². The van der Waals surface area contributed by atoms with E-state index in [2.05, 4.69) is 55.5 Å². The molecule has 1 N–H and O–H groups in total. The number of hydrogen-bond acceptors (Lipinski definition) is 2. The van der Waals surface area contributed by atoms with Crippen LogP contribution in [0.4, 0.5) is 0 Å². The molecule has 0 atom stereocenters. The van der Waals surface area contributed by atoms with Crippen molar-refractivity contribution in [3.63, 3.8) is 0 Å². The Kier molecular flexibility index (Phi) is 5.27. The molecule has 4 rings (SSSR count). The Labute approximate surface area is 173 Å². The van der Waals surface area contributed by atoms with Crippen LogP contribution in [0.3, 0.4) is 0 Å². The molecule has 1 fully saturated rings. The molecule has 4 heteroatoms. The van der Waals surface area contributed by atoms with E-state index in [-0.39, 0.29) is 17.4 Å². The molecule has 1 aromatic heterocycles. The maximum atomic E-state index is 13.0. The van der Waals surface area contributed by atoms with Gasteiger partial charge >= 0.3 is 0 Å². The lowest BCUT2D eigenvalue weighted by molar-refractivity contribution is 0.0946. The molecule has 29 heavy (non-hydrogen) atoms. The second-order valence-corrected chi connectivity index (χ2v) is 8.90. The van der Waals surface area contributed by atoms with Gasteiger partial charge in [-0.2, -0.15) is 5.10 Å². The van der Waals surface area contributed by atoms with E-state index in [9.17, 15) is 4.79 Å². The molecule has 1 saturated carbocycles. The number of nitrogens with zero attached hydrogens (tertiary/aromatic N) is 2. The van der Waals surface area contributed by atoms with Gasteiger partial charge in [-0.25, -0.2) is 0 Å². The molecule has 0 aliphatic heterocycles. The van der Waals surface area contributed by atoms with E-state index in [1.807, 2.05) is 47.1 Å². The minimum Gasteiger partial charge on any atom is -0.350 e. The predicted molar refractivity (Wildman–Crippen MR) is 116 cm³/mol. The number of benzene rings is 2. The predicted octanol–water partition coefficient (Wildman–Crippen LogP) is 5.08. The van der Waals surface area contributed by atoms with Crippen LogP contribution in [0, 0.1) is 0 Å². The number of carbonyl (C=O) groups is 1. The molecule has 0 spiro atoms. The molecule has 1 amide bonds. The Morgan fingerprint density at radius 1 is 1.03 bits per heavy atom. The van der Waals surface area contributed by atoms with Crippen LogP contribution in [0.1, 0.15) is 72.8 Å². The molecule has 0 unspecified atom stereocenters. The van der Waals surface area contributed by atoms with Crippen LogP contribution in [0.2, 0.25) is 0 Å². The number of aromatic nitrogens is 2. The highest BCUT2D eigenvalue weighted by Crippen LogP contribution is 2.41. The Balaban J connectivity index is 1.54. The van der Waals surface area contributed by atoms with Crippen molar-refractivity contribution in [2.24, 2.45) is 0 Å². The standard InChI is InChI=1S/C25H29N3O/c1-25(2,3)28-23(20-14-15-20)16-22(27-28)24(29)26-17-21(18-10-6-4-7-11-18)19-12-8-5-9-13-19/h4-13,16,20-21H,14-15,17H2,1-3H3,(H,26,29). The van der Waals surface area contributed by atoms with Gasteiger partial charge in [0.05, 0.1) is 5.54 Å². The van der Waals surface area contributed by atoms with Crippen molar-refractivity contribution in [2.75, 3.05) is 6.54 Å². The lowest BCUT2D eigenvalue weighted by Crippen LogP contribution is -2.30. The highest BCUT2D eigenvalue weighted by atomic mass is 16.1. The summed E-state index contributed by atoms with van der Waals surface area (Å²) in [6.45, 7) is 6.94. The fraction of sp³-hybridized carbons (Fsp3) is 0.360. The zero-order chi connectivity index (χ0) is 20.4. The maximum Gasteiger partial charge on any atom is 0.271 e. The zero-order valence-corrected chi connectivity index (χ0v) is 17.4. The van der Waals surface area contributed by atoms with Crippen LogP contribution in [0.15, 0.2) is 66.7 Å². The third kappa shape index (κ3) is 4.42. The van der Waals surface area contributed by atoms with Gasteiger partial charge in [0.2, 0.25) is 0 Å². The van der Waals surface area contributed by atoms with E-state index in [0.717, 1.165) is 0 Å². The molecule has 0 saturated heterocycles. The van der Waals surface area contributed by atoms with Crippen LogP contribution in [0.25, 0.3) is 0 Å². The van der Waals surface area contributed by atoms with E-state index < -0.39 is 0 Å². The second-order valence-electron chi connectivity index (χ2n) is 8.90. The summed E-state index contributed by atoms with van der Waals surface area (Å²) in [7, 11) is 0. The van der Waals surface area contributed by atoms with Crippen LogP contribution in [0.5, 0.6) is 0 Å². The van der Waals surface area contributed by atoms with Gasteiger partial charge < -0.3 is 5.32 Å². The molecule has 150 valence electrons. The Hall–Kier alpha value is -2.88. The molecule has 4 nitrogen and oxygen atoms in total. The van der Waals surface area contributed by atoms with Gasteiger partial charge in [0.15, 0.2) is 0 Å². The van der Waals surface area contributed by atoms with Crippen molar-refractivity contribution < 1.29 is 4.79 Å². The van der Waals surface area contributed by atoms with Gasteiger partial charge in [0, 0.05) is 24.1 Å². The van der Waals surface area contributed by atoms with E-state index >= 15 is 0 Å². The van der Waals surface area contributed by atoms with Gasteiger partial charge in [0.1, 0.15) is 5.69 Å². The van der Waals surface area contributed by atoms with Crippen molar-refractivity contribution in [3.8, 4) is 0 Å². The third-order valence-corrected chi connectivity index (χ3v) is 5.47. The van der Waals surface area contributed by atoms with E-state index in [0.29, 0.717) is 18.2 Å². The summed E-state index contributed by atoms with van der Waals surface area (Å²) >= 11 is 0. The Morgan fingerprint density at radius 2 is 1.59 bits per heavy atom. The summed E-state index contributed by atoms with van der Waals surface area (Å²) in [5.41, 5.74) is 3.95. The molecule has 1 heterocycles. The Bertz CT molecular complexity index is 927. The van der Waals surface area contributed by atoms with Gasteiger partial charge in [-0.1, -0.05) is 60.7 Å². The molecular formula is C25H29N3O. The first-order chi connectivity index (χ1) is 13.9. The summed E-state index contributed by atoms with van der Waals surface area (Å²) in [5.74, 6) is 0.547. The van der Waals surface area contributed by atoms with Gasteiger partial charge in [-0.3, -0.25) is 9.48 Å². The normalized spacial score (nSPS) is 14.2. The molecule has 0 radical (unpaired) electrons. The third-order valence-electron chi connectivity index (χ3n) is 5.47. The number of amides is 1. The van der Waals surface area contributed by atoms with Gasteiger partial charge in [0.25, 0.3) is 5.91 Å². The largest absolute Gasteiger partial charge is 0.350 e. The van der Waals surface area contributed by atoms with Crippen molar-refractivity contribution in [2.45, 2.75) is 51.0 Å². The summed E-state index contributed by atoms with van der Waals surface area (Å²) < 4.78 is 2.03. The molecule has 3 aromatic rings. The average molecular weight is 388 g/mol. The van der Waals surface area contributed by atoms with Crippen molar-refractivity contribution >= 4 is 5.91 Å². The van der Waals surface area contributed by atoms with E-state index in [1.165, 1.54) is 29.7 Å². The SMILES string of the molecule is CC(C)(C)n1nc(C(=O)NCC(c2ccccc2)c2ccccc2)cc1C1CC1. The van der Waals surface area contributed by atoms with Crippen molar-refractivity contribution in [1.82, 2.24) is 15.1 Å². The minimum atomic E-state index is -0.132. The first kappa shape index (κ1) is 19.4. The highest BCUT2D eigenvalue weighted by Gasteiger charge is 2.32. The smallest absolute Gasteiger partial charge is 0.271 e. The second kappa shape index (κ2) is 7.86. The lowest BCUT2D eigenvalue weighted by Gasteiger charge is -2.22. The summed E-state index contributed by atoms with van der Waals surface area (Å²) in [5, 5.41) is 7.80. The maximum absolute atomic E-state index is 13.0. The number of nitrogens with one attached hydrogen (secondary N) is 1. The van der Waals surface area contributed by atoms with Crippen LogP contribution < -0.4 is 5.32 Å². The fourth-order valence-corrected chi connectivity index (χ4v) is 3.80. The molecule has 1 aliphatic carbocycles. The molecular weight excluding hydrogens is 358 g/mol. The van der Waals surface area contributed by atoms with Crippen molar-refractivity contribution in [3.05, 3.63) is 89.2 Å². The number of rotatable bonds is 6. The van der Waals surface area contributed by atoms with E-state index in [4.69, 9.17) is 0 Å². The Morgan fingerprint density at radius 3 is 2.07 bits per heavy atom. The average Bonchev–Trinajstić information content (AvgIpc) is 3.46. The first-order valence-electron chi connectivity index (χ1n) is 10.4. The lowest BCUT2D eigenvalue weighted by atomic mass is 9.91. The quantitative estimate of drug-likeness (QED) is 0.641. The summed E-state index contributed by atoms with van der Waals surface area (Å²) in [6, 6.07) is 22.6. The van der Waals surface area contributed by atoms with E-state index in [1.54, 1.807) is 0 Å². The van der Waals surface area contributed by atoms with Crippen LogP contribution in [-0.2, 0) is 5.54 Å². The molecule has 2 aromatic carbocycles. The number of carbonyl (C=O) groups excluding carboxylic acids is 1. The van der Waals surface area contributed by atoms with Crippen LogP contribution >= 0.6 is 0 Å². The van der Waals surface area contributed by atoms with Gasteiger partial charge in [-0.15, -0.1) is 0 Å². The summed E-state index contributed by atoms with van der Waals surface area (Å²) in [6.07, 6.45) is 2.37. The van der Waals surface area contributed by atoms with Crippen LogP contribution in [-0.4, -0.2) is 22.2 Å². The summed E-state index contributed by atoms with van der Waals surface area (Å²) in [4.78, 5) is 13.0. The molecule has 0 bridgehead atoms. The topological polar surface area (TPSA) is 46.9 Å². The fourth-order valence-electron chi connectivity index (χ4n) is 3.80. The zero-order valence-electron chi connectivity index (χ0n) is 17.4.